The molecule has 1 amide bonds. The molecule has 0 unspecified atom stereocenters. The molecule has 1 atom stereocenters. The molecule has 0 bridgehead atoms. The lowest BCUT2D eigenvalue weighted by Gasteiger charge is -2.36. The molecule has 0 radical (unpaired) electrons. The zero-order valence-corrected chi connectivity index (χ0v) is 10.6. The van der Waals surface area contributed by atoms with E-state index in [1.165, 1.54) is 4.90 Å². The lowest BCUT2D eigenvalue weighted by molar-refractivity contribution is -0.141. The fraction of sp³-hybridized carbons (Fsp3) is 0.727. The first-order valence-corrected chi connectivity index (χ1v) is 6.07. The van der Waals surface area contributed by atoms with Gasteiger partial charge in [0.1, 0.15) is 6.04 Å². The molecule has 0 aliphatic carbocycles. The topological polar surface area (TPSA) is 124 Å². The van der Waals surface area contributed by atoms with Gasteiger partial charge in [-0.2, -0.15) is 0 Å². The van der Waals surface area contributed by atoms with Crippen molar-refractivity contribution in [3.8, 4) is 0 Å². The van der Waals surface area contributed by atoms with Gasteiger partial charge >= 0.3 is 11.9 Å². The number of likely N-dealkylation sites (tertiary alicyclic amines) is 1. The number of nitrogens with two attached hydrogens (primary N) is 1. The van der Waals surface area contributed by atoms with Crippen LogP contribution >= 0.6 is 0 Å². The van der Waals surface area contributed by atoms with Gasteiger partial charge < -0.3 is 20.8 Å². The summed E-state index contributed by atoms with van der Waals surface area (Å²) in [5, 5.41) is 17.4. The van der Waals surface area contributed by atoms with E-state index < -0.39 is 18.0 Å². The second kappa shape index (κ2) is 7.05. The van der Waals surface area contributed by atoms with Crippen LogP contribution in [-0.2, 0) is 14.4 Å². The third-order valence-electron chi connectivity index (χ3n) is 3.25. The first-order chi connectivity index (χ1) is 8.93. The third kappa shape index (κ3) is 4.84. The van der Waals surface area contributed by atoms with Gasteiger partial charge in [-0.3, -0.25) is 19.3 Å². The fourth-order valence-corrected chi connectivity index (χ4v) is 2.18. The Labute approximate surface area is 110 Å². The second-order valence-corrected chi connectivity index (χ2v) is 4.65. The van der Waals surface area contributed by atoms with E-state index >= 15 is 0 Å². The van der Waals surface area contributed by atoms with Gasteiger partial charge in [0.05, 0.1) is 6.54 Å². The standard InChI is InChI=1S/C11H19N3O5/c12-9(11(18)19)5-14(7-15)8-1-3-13(4-2-8)6-10(16)17/h7-9H,1-6,12H2,(H,16,17)(H,18,19)/t9-/m1/s1. The van der Waals surface area contributed by atoms with E-state index in [4.69, 9.17) is 15.9 Å². The van der Waals surface area contributed by atoms with Crippen LogP contribution < -0.4 is 5.73 Å². The normalized spacial score (nSPS) is 18.8. The van der Waals surface area contributed by atoms with E-state index in [0.717, 1.165) is 0 Å². The number of carbonyl (C=O) groups excluding carboxylic acids is 1. The Hall–Kier alpha value is -1.67. The average molecular weight is 273 g/mol. The Morgan fingerprint density at radius 3 is 2.37 bits per heavy atom. The molecule has 0 aromatic rings. The maximum absolute atomic E-state index is 11.0. The number of carboxylic acids is 2. The number of nitrogens with zero attached hydrogens (tertiary/aromatic N) is 2. The molecule has 1 rings (SSSR count). The molecule has 4 N–H and O–H groups in total. The van der Waals surface area contributed by atoms with Crippen molar-refractivity contribution in [2.75, 3.05) is 26.2 Å². The SMILES string of the molecule is N[C@H](CN(C=O)C1CCN(CC(=O)O)CC1)C(=O)O. The number of piperidine rings is 1. The molecule has 0 aromatic heterocycles. The smallest absolute Gasteiger partial charge is 0.322 e. The Morgan fingerprint density at radius 1 is 1.37 bits per heavy atom. The molecule has 0 aromatic carbocycles. The molecule has 1 aliphatic rings. The number of rotatable bonds is 7. The fourth-order valence-electron chi connectivity index (χ4n) is 2.18. The summed E-state index contributed by atoms with van der Waals surface area (Å²) in [5.74, 6) is -2.02. The van der Waals surface area contributed by atoms with Crippen molar-refractivity contribution in [1.29, 1.82) is 0 Å². The molecule has 0 saturated carbocycles. The first kappa shape index (κ1) is 15.4. The zero-order valence-electron chi connectivity index (χ0n) is 10.6. The van der Waals surface area contributed by atoms with Crippen LogP contribution in [0.2, 0.25) is 0 Å². The molecule has 8 nitrogen and oxygen atoms in total. The van der Waals surface area contributed by atoms with E-state index in [2.05, 4.69) is 0 Å². The van der Waals surface area contributed by atoms with E-state index in [1.807, 2.05) is 0 Å². The number of amides is 1. The van der Waals surface area contributed by atoms with Crippen LogP contribution in [0.4, 0.5) is 0 Å². The van der Waals surface area contributed by atoms with Gasteiger partial charge in [0.25, 0.3) is 0 Å². The Kier molecular flexibility index (Phi) is 5.71. The van der Waals surface area contributed by atoms with Crippen LogP contribution in [0.5, 0.6) is 0 Å². The molecule has 0 spiro atoms. The highest BCUT2D eigenvalue weighted by Gasteiger charge is 2.27. The van der Waals surface area contributed by atoms with E-state index in [-0.39, 0.29) is 19.1 Å². The van der Waals surface area contributed by atoms with Crippen molar-refractivity contribution in [3.63, 3.8) is 0 Å². The average Bonchev–Trinajstić information content (AvgIpc) is 2.36. The number of hydrogen-bond acceptors (Lipinski definition) is 5. The monoisotopic (exact) mass is 273 g/mol. The lowest BCUT2D eigenvalue weighted by atomic mass is 10.0. The maximum atomic E-state index is 11.0. The summed E-state index contributed by atoms with van der Waals surface area (Å²) in [6, 6.07) is -1.17. The molecule has 1 fully saturated rings. The largest absolute Gasteiger partial charge is 0.480 e. The van der Waals surface area contributed by atoms with Gasteiger partial charge in [0, 0.05) is 25.7 Å². The highest BCUT2D eigenvalue weighted by atomic mass is 16.4. The van der Waals surface area contributed by atoms with E-state index in [9.17, 15) is 14.4 Å². The van der Waals surface area contributed by atoms with Crippen molar-refractivity contribution in [2.24, 2.45) is 5.73 Å². The Balaban J connectivity index is 2.45. The van der Waals surface area contributed by atoms with Crippen LogP contribution in [0.25, 0.3) is 0 Å². The highest BCUT2D eigenvalue weighted by Crippen LogP contribution is 2.15. The summed E-state index contributed by atoms with van der Waals surface area (Å²) < 4.78 is 0. The predicted octanol–water partition coefficient (Wildman–Crippen LogP) is -1.59. The van der Waals surface area contributed by atoms with Crippen molar-refractivity contribution in [2.45, 2.75) is 24.9 Å². The quantitative estimate of drug-likeness (QED) is 0.477. The summed E-state index contributed by atoms with van der Waals surface area (Å²) in [6.45, 7) is 1.11. The van der Waals surface area contributed by atoms with Crippen molar-refractivity contribution in [1.82, 2.24) is 9.80 Å². The molecular formula is C11H19N3O5. The van der Waals surface area contributed by atoms with Gasteiger partial charge in [-0.25, -0.2) is 0 Å². The van der Waals surface area contributed by atoms with Crippen LogP contribution in [-0.4, -0.2) is 76.6 Å². The van der Waals surface area contributed by atoms with Crippen molar-refractivity contribution >= 4 is 18.3 Å². The zero-order chi connectivity index (χ0) is 14.4. The van der Waals surface area contributed by atoms with Gasteiger partial charge in [0.15, 0.2) is 0 Å². The molecule has 108 valence electrons. The van der Waals surface area contributed by atoms with Gasteiger partial charge in [-0.15, -0.1) is 0 Å². The molecule has 1 aliphatic heterocycles. The minimum atomic E-state index is -1.14. The molecule has 19 heavy (non-hydrogen) atoms. The number of carboxylic acid groups (broad SMARTS) is 2. The second-order valence-electron chi connectivity index (χ2n) is 4.65. The highest BCUT2D eigenvalue weighted by molar-refractivity contribution is 5.73. The molecule has 1 saturated heterocycles. The molecule has 8 heteroatoms. The van der Waals surface area contributed by atoms with E-state index in [1.54, 1.807) is 4.90 Å². The maximum Gasteiger partial charge on any atom is 0.322 e. The minimum Gasteiger partial charge on any atom is -0.480 e. The lowest BCUT2D eigenvalue weighted by Crippen LogP contribution is -2.50. The van der Waals surface area contributed by atoms with Gasteiger partial charge in [-0.1, -0.05) is 0 Å². The van der Waals surface area contributed by atoms with Crippen LogP contribution in [0.15, 0.2) is 0 Å². The number of hydrogen-bond donors (Lipinski definition) is 3. The predicted molar refractivity (Wildman–Crippen MR) is 65.5 cm³/mol. The van der Waals surface area contributed by atoms with Crippen molar-refractivity contribution in [3.05, 3.63) is 0 Å². The van der Waals surface area contributed by atoms with Crippen LogP contribution in [0.3, 0.4) is 0 Å². The molecular weight excluding hydrogens is 254 g/mol. The van der Waals surface area contributed by atoms with E-state index in [0.29, 0.717) is 32.3 Å². The minimum absolute atomic E-state index is 0.0115. The Bertz CT molecular complexity index is 341. The summed E-state index contributed by atoms with van der Waals surface area (Å²) in [6.07, 6.45) is 1.86. The third-order valence-corrected chi connectivity index (χ3v) is 3.25. The van der Waals surface area contributed by atoms with Crippen molar-refractivity contribution < 1.29 is 24.6 Å². The summed E-state index contributed by atoms with van der Waals surface area (Å²) in [5.41, 5.74) is 5.40. The van der Waals surface area contributed by atoms with Gasteiger partial charge in [0.2, 0.25) is 6.41 Å². The number of aliphatic carboxylic acids is 2. The number of carbonyl (C=O) groups is 3. The molecule has 1 heterocycles. The van der Waals surface area contributed by atoms with Gasteiger partial charge in [-0.05, 0) is 12.8 Å². The summed E-state index contributed by atoms with van der Waals surface area (Å²) in [4.78, 5) is 35.4. The summed E-state index contributed by atoms with van der Waals surface area (Å²) >= 11 is 0. The Morgan fingerprint density at radius 2 is 1.95 bits per heavy atom. The first-order valence-electron chi connectivity index (χ1n) is 6.07. The van der Waals surface area contributed by atoms with Crippen LogP contribution in [0.1, 0.15) is 12.8 Å². The summed E-state index contributed by atoms with van der Waals surface area (Å²) in [7, 11) is 0. The van der Waals surface area contributed by atoms with Crippen LogP contribution in [0, 0.1) is 0 Å².